The summed E-state index contributed by atoms with van der Waals surface area (Å²) in [6, 6.07) is 14.0. The van der Waals surface area contributed by atoms with Gasteiger partial charge in [-0.2, -0.15) is 0 Å². The molecule has 0 radical (unpaired) electrons. The first-order chi connectivity index (χ1) is 18.8. The van der Waals surface area contributed by atoms with E-state index in [0.717, 1.165) is 61.5 Å². The maximum Gasteiger partial charge on any atom is 0.253 e. The fourth-order valence-corrected chi connectivity index (χ4v) is 5.51. The fraction of sp³-hybridized carbons (Fsp3) is 0.448. The van der Waals surface area contributed by atoms with E-state index in [-0.39, 0.29) is 23.9 Å². The Labute approximate surface area is 227 Å². The van der Waals surface area contributed by atoms with Crippen LogP contribution in [0.25, 0.3) is 10.9 Å². The molecule has 2 aromatic heterocycles. The number of H-pyrrole nitrogens is 1. The largest absolute Gasteiger partial charge is 0.454 e. The van der Waals surface area contributed by atoms with E-state index in [0.29, 0.717) is 11.4 Å². The van der Waals surface area contributed by atoms with Gasteiger partial charge in [0, 0.05) is 43.8 Å². The number of pyridine rings is 1. The average molecular weight is 530 g/mol. The molecule has 1 atom stereocenters. The van der Waals surface area contributed by atoms with Crippen LogP contribution >= 0.6 is 0 Å². The monoisotopic (exact) mass is 529 g/mol. The Hall–Kier alpha value is -3.76. The lowest BCUT2D eigenvalue weighted by Gasteiger charge is -2.39. The number of benzene rings is 2. The SMILES string of the molecule is CCc1ccc2[nH]c(=O)c([C@@H](c3nnnn3C(C)(C)C)N3CCN(Cc4ccc5c(c4)OCO5)CC3)cc2c1. The van der Waals surface area contributed by atoms with Gasteiger partial charge in [0.15, 0.2) is 17.3 Å². The van der Waals surface area contributed by atoms with Crippen molar-refractivity contribution in [2.45, 2.75) is 52.2 Å². The van der Waals surface area contributed by atoms with Gasteiger partial charge in [0.05, 0.1) is 5.54 Å². The second-order valence-electron chi connectivity index (χ2n) is 11.4. The number of aromatic amines is 1. The zero-order valence-corrected chi connectivity index (χ0v) is 23.0. The third-order valence-electron chi connectivity index (χ3n) is 7.63. The molecule has 2 aromatic carbocycles. The number of piperazine rings is 1. The van der Waals surface area contributed by atoms with E-state index in [9.17, 15) is 4.79 Å². The maximum absolute atomic E-state index is 13.5. The Morgan fingerprint density at radius 3 is 2.51 bits per heavy atom. The van der Waals surface area contributed by atoms with Gasteiger partial charge < -0.3 is 14.5 Å². The van der Waals surface area contributed by atoms with Gasteiger partial charge in [-0.05, 0) is 84.5 Å². The molecule has 4 aromatic rings. The van der Waals surface area contributed by atoms with Gasteiger partial charge in [-0.3, -0.25) is 14.6 Å². The summed E-state index contributed by atoms with van der Waals surface area (Å²) in [5.41, 5.74) is 3.48. The van der Waals surface area contributed by atoms with Crippen LogP contribution < -0.4 is 15.0 Å². The van der Waals surface area contributed by atoms with Crippen LogP contribution in [0.2, 0.25) is 0 Å². The Balaban J connectivity index is 1.31. The van der Waals surface area contributed by atoms with Crippen LogP contribution in [0.5, 0.6) is 11.5 Å². The normalized spacial score (nSPS) is 17.1. The molecule has 2 aliphatic heterocycles. The van der Waals surface area contributed by atoms with Crippen LogP contribution in [0, 0.1) is 0 Å². The zero-order chi connectivity index (χ0) is 27.1. The molecule has 2 aliphatic rings. The molecule has 1 N–H and O–H groups in total. The number of fused-ring (bicyclic) bond motifs is 2. The smallest absolute Gasteiger partial charge is 0.253 e. The number of aryl methyl sites for hydroxylation is 1. The summed E-state index contributed by atoms with van der Waals surface area (Å²) in [5, 5.41) is 13.9. The summed E-state index contributed by atoms with van der Waals surface area (Å²) in [6.45, 7) is 12.7. The van der Waals surface area contributed by atoms with Gasteiger partial charge in [0.2, 0.25) is 6.79 Å². The van der Waals surface area contributed by atoms with Crippen molar-refractivity contribution in [2.75, 3.05) is 33.0 Å². The number of nitrogens with one attached hydrogen (secondary N) is 1. The lowest BCUT2D eigenvalue weighted by molar-refractivity contribution is 0.0975. The number of nitrogens with zero attached hydrogens (tertiary/aromatic N) is 6. The van der Waals surface area contributed by atoms with E-state index in [2.05, 4.69) is 82.3 Å². The van der Waals surface area contributed by atoms with Crippen molar-refractivity contribution in [3.05, 3.63) is 75.3 Å². The Morgan fingerprint density at radius 1 is 0.974 bits per heavy atom. The summed E-state index contributed by atoms with van der Waals surface area (Å²) in [6.07, 6.45) is 0.932. The minimum absolute atomic E-state index is 0.108. The summed E-state index contributed by atoms with van der Waals surface area (Å²) < 4.78 is 12.9. The standard InChI is InChI=1S/C29H35N7O3/c1-5-19-6-8-23-21(14-19)16-22(28(37)30-23)26(27-31-32-33-36(27)29(2,3)4)35-12-10-34(11-13-35)17-20-7-9-24-25(15-20)39-18-38-24/h6-9,14-16,26H,5,10-13,17-18H2,1-4H3,(H,30,37)/t26-/m0/s1. The predicted octanol–water partition coefficient (Wildman–Crippen LogP) is 3.47. The van der Waals surface area contributed by atoms with Crippen molar-refractivity contribution < 1.29 is 9.47 Å². The van der Waals surface area contributed by atoms with E-state index < -0.39 is 0 Å². The second-order valence-corrected chi connectivity index (χ2v) is 11.4. The molecule has 0 bridgehead atoms. The number of hydrogen-bond donors (Lipinski definition) is 1. The summed E-state index contributed by atoms with van der Waals surface area (Å²) in [7, 11) is 0. The van der Waals surface area contributed by atoms with Crippen molar-refractivity contribution >= 4 is 10.9 Å². The summed E-state index contributed by atoms with van der Waals surface area (Å²) >= 11 is 0. The molecule has 204 valence electrons. The molecule has 0 spiro atoms. The van der Waals surface area contributed by atoms with Crippen LogP contribution in [-0.4, -0.2) is 68.0 Å². The Kier molecular flexibility index (Phi) is 6.60. The van der Waals surface area contributed by atoms with E-state index in [1.54, 1.807) is 0 Å². The van der Waals surface area contributed by atoms with Crippen molar-refractivity contribution in [1.29, 1.82) is 0 Å². The van der Waals surface area contributed by atoms with E-state index in [1.165, 1.54) is 11.1 Å². The fourth-order valence-electron chi connectivity index (χ4n) is 5.51. The predicted molar refractivity (Wildman–Crippen MR) is 148 cm³/mol. The summed E-state index contributed by atoms with van der Waals surface area (Å²) in [5.74, 6) is 2.29. The Bertz CT molecular complexity index is 1550. The third kappa shape index (κ3) is 5.02. The van der Waals surface area contributed by atoms with Crippen LogP contribution in [0.15, 0.2) is 47.3 Å². The van der Waals surface area contributed by atoms with Crippen molar-refractivity contribution in [3.8, 4) is 11.5 Å². The highest BCUT2D eigenvalue weighted by atomic mass is 16.7. The molecule has 0 amide bonds. The van der Waals surface area contributed by atoms with E-state index in [4.69, 9.17) is 9.47 Å². The first-order valence-corrected chi connectivity index (χ1v) is 13.6. The first-order valence-electron chi connectivity index (χ1n) is 13.6. The molecule has 0 unspecified atom stereocenters. The minimum atomic E-state index is -0.370. The number of ether oxygens (including phenoxy) is 2. The number of rotatable bonds is 6. The number of hydrogen-bond acceptors (Lipinski definition) is 8. The van der Waals surface area contributed by atoms with Gasteiger partial charge >= 0.3 is 0 Å². The molecule has 6 rings (SSSR count). The van der Waals surface area contributed by atoms with Crippen LogP contribution in [0.4, 0.5) is 0 Å². The molecule has 39 heavy (non-hydrogen) atoms. The van der Waals surface area contributed by atoms with Crippen LogP contribution in [-0.2, 0) is 18.5 Å². The van der Waals surface area contributed by atoms with E-state index in [1.807, 2.05) is 22.9 Å². The molecular formula is C29H35N7O3. The van der Waals surface area contributed by atoms with Crippen LogP contribution in [0.1, 0.15) is 56.3 Å². The first kappa shape index (κ1) is 25.5. The summed E-state index contributed by atoms with van der Waals surface area (Å²) in [4.78, 5) is 21.4. The Morgan fingerprint density at radius 2 is 1.74 bits per heavy atom. The zero-order valence-electron chi connectivity index (χ0n) is 23.0. The molecule has 1 saturated heterocycles. The van der Waals surface area contributed by atoms with Crippen molar-refractivity contribution in [2.24, 2.45) is 0 Å². The molecule has 1 fully saturated rings. The van der Waals surface area contributed by atoms with Crippen molar-refractivity contribution in [3.63, 3.8) is 0 Å². The lowest BCUT2D eigenvalue weighted by Crippen LogP contribution is -2.49. The number of aromatic nitrogens is 5. The quantitative estimate of drug-likeness (QED) is 0.405. The minimum Gasteiger partial charge on any atom is -0.454 e. The molecular weight excluding hydrogens is 494 g/mol. The number of tetrazole rings is 1. The van der Waals surface area contributed by atoms with Gasteiger partial charge in [0.1, 0.15) is 6.04 Å². The molecule has 0 aliphatic carbocycles. The van der Waals surface area contributed by atoms with Gasteiger partial charge in [0.25, 0.3) is 5.56 Å². The average Bonchev–Trinajstić information content (AvgIpc) is 3.60. The maximum atomic E-state index is 13.5. The van der Waals surface area contributed by atoms with Crippen LogP contribution in [0.3, 0.4) is 0 Å². The van der Waals surface area contributed by atoms with Gasteiger partial charge in [-0.1, -0.05) is 19.1 Å². The molecule has 4 heterocycles. The van der Waals surface area contributed by atoms with Gasteiger partial charge in [-0.25, -0.2) is 4.68 Å². The van der Waals surface area contributed by atoms with Gasteiger partial charge in [-0.15, -0.1) is 5.10 Å². The second kappa shape index (κ2) is 10.1. The van der Waals surface area contributed by atoms with Crippen molar-refractivity contribution in [1.82, 2.24) is 35.0 Å². The topological polar surface area (TPSA) is 101 Å². The lowest BCUT2D eigenvalue weighted by atomic mass is 10.00. The highest BCUT2D eigenvalue weighted by Crippen LogP contribution is 2.34. The third-order valence-corrected chi connectivity index (χ3v) is 7.63. The molecule has 10 heteroatoms. The highest BCUT2D eigenvalue weighted by Gasteiger charge is 2.35. The molecule has 10 nitrogen and oxygen atoms in total. The van der Waals surface area contributed by atoms with E-state index >= 15 is 0 Å². The molecule has 0 saturated carbocycles. The highest BCUT2D eigenvalue weighted by molar-refractivity contribution is 5.80.